The molecular weight excluding hydrogens is 310 g/mol. The maximum absolute atomic E-state index is 12.3. The van der Waals surface area contributed by atoms with Crippen molar-refractivity contribution in [3.05, 3.63) is 65.7 Å². The number of hydrogen-bond acceptors (Lipinski definition) is 6. The summed E-state index contributed by atoms with van der Waals surface area (Å²) in [5, 5.41) is 3.81. The standard InChI is InChI=1S/C17H17N3O4/c1-12-3-4-14(8-18-12)23-11-15-7-16(19-24-15)17(21)20(2)9-13-5-6-22-10-13/h3-8,10H,9,11H2,1-2H3. The van der Waals surface area contributed by atoms with Crippen molar-refractivity contribution in [2.45, 2.75) is 20.1 Å². The molecule has 0 saturated carbocycles. The number of hydrogen-bond donors (Lipinski definition) is 0. The number of aromatic nitrogens is 2. The lowest BCUT2D eigenvalue weighted by Crippen LogP contribution is -2.26. The molecule has 0 radical (unpaired) electrons. The normalized spacial score (nSPS) is 10.6. The van der Waals surface area contributed by atoms with Gasteiger partial charge in [0.1, 0.15) is 12.4 Å². The Morgan fingerprint density at radius 3 is 2.92 bits per heavy atom. The van der Waals surface area contributed by atoms with E-state index >= 15 is 0 Å². The SMILES string of the molecule is Cc1ccc(OCc2cc(C(=O)N(C)Cc3ccoc3)no2)cn1. The number of aryl methyl sites for hydroxylation is 1. The van der Waals surface area contributed by atoms with Crippen LogP contribution in [0.25, 0.3) is 0 Å². The van der Waals surface area contributed by atoms with E-state index in [0.717, 1.165) is 11.3 Å². The monoisotopic (exact) mass is 327 g/mol. The van der Waals surface area contributed by atoms with Crippen molar-refractivity contribution in [2.75, 3.05) is 7.05 Å². The van der Waals surface area contributed by atoms with Crippen LogP contribution in [0.5, 0.6) is 5.75 Å². The summed E-state index contributed by atoms with van der Waals surface area (Å²) in [5.41, 5.74) is 2.06. The van der Waals surface area contributed by atoms with Crippen LogP contribution in [0.3, 0.4) is 0 Å². The first-order chi connectivity index (χ1) is 11.6. The van der Waals surface area contributed by atoms with Gasteiger partial charge in [0.2, 0.25) is 0 Å². The summed E-state index contributed by atoms with van der Waals surface area (Å²) >= 11 is 0. The highest BCUT2D eigenvalue weighted by Crippen LogP contribution is 2.14. The van der Waals surface area contributed by atoms with Gasteiger partial charge in [-0.1, -0.05) is 5.16 Å². The van der Waals surface area contributed by atoms with Crippen LogP contribution in [0.1, 0.15) is 27.5 Å². The van der Waals surface area contributed by atoms with Crippen LogP contribution in [0.2, 0.25) is 0 Å². The lowest BCUT2D eigenvalue weighted by Gasteiger charge is -2.13. The zero-order chi connectivity index (χ0) is 16.9. The molecule has 3 aromatic heterocycles. The van der Waals surface area contributed by atoms with Crippen LogP contribution in [-0.4, -0.2) is 28.0 Å². The minimum absolute atomic E-state index is 0.177. The molecule has 0 aliphatic heterocycles. The van der Waals surface area contributed by atoms with Crippen molar-refractivity contribution in [3.8, 4) is 5.75 Å². The lowest BCUT2D eigenvalue weighted by molar-refractivity contribution is 0.0774. The molecule has 3 heterocycles. The Labute approximate surface area is 138 Å². The summed E-state index contributed by atoms with van der Waals surface area (Å²) in [6.07, 6.45) is 4.80. The third-order valence-electron chi connectivity index (χ3n) is 3.39. The van der Waals surface area contributed by atoms with Gasteiger partial charge in [0.15, 0.2) is 11.5 Å². The highest BCUT2D eigenvalue weighted by atomic mass is 16.5. The van der Waals surface area contributed by atoms with Crippen LogP contribution in [-0.2, 0) is 13.2 Å². The fourth-order valence-electron chi connectivity index (χ4n) is 2.10. The Bertz CT molecular complexity index is 794. The number of pyridine rings is 1. The van der Waals surface area contributed by atoms with Gasteiger partial charge in [-0.25, -0.2) is 0 Å². The molecule has 0 saturated heterocycles. The Balaban J connectivity index is 1.58. The number of nitrogens with zero attached hydrogens (tertiary/aromatic N) is 3. The summed E-state index contributed by atoms with van der Waals surface area (Å²) in [7, 11) is 1.69. The number of rotatable bonds is 6. The summed E-state index contributed by atoms with van der Waals surface area (Å²) in [5.74, 6) is 0.862. The van der Waals surface area contributed by atoms with Crippen LogP contribution in [0.15, 0.2) is 51.9 Å². The zero-order valence-electron chi connectivity index (χ0n) is 13.4. The summed E-state index contributed by atoms with van der Waals surface area (Å²) in [4.78, 5) is 18.0. The average molecular weight is 327 g/mol. The molecule has 0 bridgehead atoms. The van der Waals surface area contributed by atoms with Gasteiger partial charge in [0.05, 0.1) is 18.7 Å². The predicted molar refractivity (Wildman–Crippen MR) is 84.3 cm³/mol. The van der Waals surface area contributed by atoms with Gasteiger partial charge < -0.3 is 18.6 Å². The van der Waals surface area contributed by atoms with E-state index in [1.165, 1.54) is 4.90 Å². The van der Waals surface area contributed by atoms with Gasteiger partial charge in [-0.15, -0.1) is 0 Å². The molecule has 0 atom stereocenters. The smallest absolute Gasteiger partial charge is 0.276 e. The fraction of sp³-hybridized carbons (Fsp3) is 0.235. The summed E-state index contributed by atoms with van der Waals surface area (Å²) in [6, 6.07) is 7.07. The highest BCUT2D eigenvalue weighted by molar-refractivity contribution is 5.92. The van der Waals surface area contributed by atoms with E-state index in [9.17, 15) is 4.79 Å². The predicted octanol–water partition coefficient (Wildman–Crippen LogP) is 2.82. The second kappa shape index (κ2) is 6.99. The minimum atomic E-state index is -0.233. The van der Waals surface area contributed by atoms with Gasteiger partial charge in [-0.3, -0.25) is 9.78 Å². The van der Waals surface area contributed by atoms with E-state index in [1.54, 1.807) is 37.9 Å². The van der Waals surface area contributed by atoms with E-state index < -0.39 is 0 Å². The number of carbonyl (C=O) groups excluding carboxylic acids is 1. The molecule has 3 aromatic rings. The van der Waals surface area contributed by atoms with Crippen LogP contribution in [0.4, 0.5) is 0 Å². The molecule has 0 fully saturated rings. The van der Waals surface area contributed by atoms with E-state index in [-0.39, 0.29) is 18.2 Å². The molecule has 1 amide bonds. The van der Waals surface area contributed by atoms with Crippen molar-refractivity contribution in [2.24, 2.45) is 0 Å². The maximum Gasteiger partial charge on any atom is 0.276 e. The van der Waals surface area contributed by atoms with Crippen LogP contribution < -0.4 is 4.74 Å². The fourth-order valence-corrected chi connectivity index (χ4v) is 2.10. The zero-order valence-corrected chi connectivity index (χ0v) is 13.4. The molecule has 24 heavy (non-hydrogen) atoms. The second-order valence-electron chi connectivity index (χ2n) is 5.40. The summed E-state index contributed by atoms with van der Waals surface area (Å²) in [6.45, 7) is 2.51. The molecule has 0 aliphatic carbocycles. The molecule has 7 nitrogen and oxygen atoms in total. The Kier molecular flexibility index (Phi) is 4.60. The van der Waals surface area contributed by atoms with Gasteiger partial charge in [-0.05, 0) is 25.1 Å². The molecular formula is C17H17N3O4. The quantitative estimate of drug-likeness (QED) is 0.692. The molecule has 0 aliphatic rings. The van der Waals surface area contributed by atoms with Crippen molar-refractivity contribution >= 4 is 5.91 Å². The Hall–Kier alpha value is -3.09. The molecule has 7 heteroatoms. The van der Waals surface area contributed by atoms with Crippen LogP contribution in [0, 0.1) is 6.92 Å². The topological polar surface area (TPSA) is 81.6 Å². The number of amides is 1. The van der Waals surface area contributed by atoms with Crippen molar-refractivity contribution in [1.29, 1.82) is 0 Å². The summed E-state index contributed by atoms with van der Waals surface area (Å²) < 4.78 is 15.7. The molecule has 0 aromatic carbocycles. The number of ether oxygens (including phenoxy) is 1. The van der Waals surface area contributed by atoms with E-state index in [0.29, 0.717) is 18.1 Å². The molecule has 3 rings (SSSR count). The van der Waals surface area contributed by atoms with Crippen molar-refractivity contribution in [1.82, 2.24) is 15.0 Å². The van der Waals surface area contributed by atoms with E-state index in [4.69, 9.17) is 13.7 Å². The Morgan fingerprint density at radius 1 is 1.33 bits per heavy atom. The molecule has 0 N–H and O–H groups in total. The third-order valence-corrected chi connectivity index (χ3v) is 3.39. The van der Waals surface area contributed by atoms with Gasteiger partial charge in [-0.2, -0.15) is 0 Å². The van der Waals surface area contributed by atoms with Gasteiger partial charge in [0.25, 0.3) is 5.91 Å². The molecule has 124 valence electrons. The molecule has 0 spiro atoms. The second-order valence-corrected chi connectivity index (χ2v) is 5.40. The van der Waals surface area contributed by atoms with Crippen molar-refractivity contribution < 1.29 is 18.5 Å². The Morgan fingerprint density at radius 2 is 2.21 bits per heavy atom. The van der Waals surface area contributed by atoms with Crippen molar-refractivity contribution in [3.63, 3.8) is 0 Å². The van der Waals surface area contributed by atoms with Gasteiger partial charge in [0, 0.05) is 30.9 Å². The first-order valence-electron chi connectivity index (χ1n) is 7.39. The molecule has 0 unspecified atom stereocenters. The largest absolute Gasteiger partial charge is 0.484 e. The number of furan rings is 1. The lowest BCUT2D eigenvalue weighted by atomic mass is 10.3. The van der Waals surface area contributed by atoms with Gasteiger partial charge >= 0.3 is 0 Å². The number of carbonyl (C=O) groups is 1. The van der Waals surface area contributed by atoms with E-state index in [2.05, 4.69) is 10.1 Å². The highest BCUT2D eigenvalue weighted by Gasteiger charge is 2.17. The maximum atomic E-state index is 12.3. The minimum Gasteiger partial charge on any atom is -0.484 e. The first kappa shape index (κ1) is 15.8. The van der Waals surface area contributed by atoms with E-state index in [1.807, 2.05) is 19.1 Å². The van der Waals surface area contributed by atoms with Crippen LogP contribution >= 0.6 is 0 Å². The average Bonchev–Trinajstić information content (AvgIpc) is 3.25. The third kappa shape index (κ3) is 3.81. The first-order valence-corrected chi connectivity index (χ1v) is 7.39.